The molecule has 0 aliphatic heterocycles. The third-order valence-corrected chi connectivity index (χ3v) is 0. The van der Waals surface area contributed by atoms with Gasteiger partial charge in [0.25, 0.3) is 0 Å². The molecule has 0 aromatic carbocycles. The first kappa shape index (κ1) is 6.10. The summed E-state index contributed by atoms with van der Waals surface area (Å²) in [5, 5.41) is 0. The molecule has 0 saturated carbocycles. The Labute approximate surface area is 50.3 Å². The SMILES string of the molecule is [Br][Re]([Br])[Br]. The summed E-state index contributed by atoms with van der Waals surface area (Å²) in [5.74, 6) is 0. The molecule has 0 amide bonds. The summed E-state index contributed by atoms with van der Waals surface area (Å²) in [6.45, 7) is 0. The van der Waals surface area contributed by atoms with Crippen molar-refractivity contribution in [1.82, 2.24) is 0 Å². The van der Waals surface area contributed by atoms with E-state index >= 15 is 0 Å². The van der Waals surface area contributed by atoms with Crippen molar-refractivity contribution < 1.29 is 10.7 Å². The zero-order chi connectivity index (χ0) is 3.58. The summed E-state index contributed by atoms with van der Waals surface area (Å²) in [6, 6.07) is 0. The minimum atomic E-state index is -1.03. The zero-order valence-corrected chi connectivity index (χ0v) is 8.99. The van der Waals surface area contributed by atoms with Gasteiger partial charge in [0, 0.05) is 0 Å². The van der Waals surface area contributed by atoms with Crippen molar-refractivity contribution in [2.45, 2.75) is 0 Å². The molecule has 0 unspecified atom stereocenters. The molecule has 0 bridgehead atoms. The Balaban J connectivity index is 2.32. The van der Waals surface area contributed by atoms with Gasteiger partial charge in [-0.2, -0.15) is 0 Å². The molecule has 0 N–H and O–H groups in total. The second kappa shape index (κ2) is 3.30. The van der Waals surface area contributed by atoms with Gasteiger partial charge in [0.05, 0.1) is 0 Å². The molecule has 0 heterocycles. The van der Waals surface area contributed by atoms with Gasteiger partial charge in [-0.1, -0.05) is 0 Å². The van der Waals surface area contributed by atoms with Gasteiger partial charge < -0.3 is 0 Å². The molecule has 0 aromatic rings. The van der Waals surface area contributed by atoms with E-state index in [4.69, 9.17) is 0 Å². The van der Waals surface area contributed by atoms with Crippen LogP contribution in [-0.4, -0.2) is 0 Å². The van der Waals surface area contributed by atoms with Gasteiger partial charge in [-0.25, -0.2) is 0 Å². The number of hydrogen-bond donors (Lipinski definition) is 0. The van der Waals surface area contributed by atoms with E-state index in [1.807, 2.05) is 0 Å². The van der Waals surface area contributed by atoms with Crippen LogP contribution in [-0.2, 0) is 10.7 Å². The Kier molecular flexibility index (Phi) is 5.03. The first-order valence-electron chi connectivity index (χ1n) is 0.429. The van der Waals surface area contributed by atoms with Gasteiger partial charge in [0.2, 0.25) is 0 Å². The predicted molar refractivity (Wildman–Crippen MR) is 26.8 cm³/mol. The van der Waals surface area contributed by atoms with Gasteiger partial charge >= 0.3 is 51.0 Å². The topological polar surface area (TPSA) is 0 Å². The average Bonchev–Trinajstić information content (AvgIpc) is 0.811. The summed E-state index contributed by atoms with van der Waals surface area (Å²) in [7, 11) is -1.03. The first-order valence-corrected chi connectivity index (χ1v) is 18.2. The van der Waals surface area contributed by atoms with Crippen LogP contribution in [0.2, 0.25) is 0 Å². The van der Waals surface area contributed by atoms with E-state index in [0.29, 0.717) is 0 Å². The van der Waals surface area contributed by atoms with Gasteiger partial charge in [0.1, 0.15) is 0 Å². The molecule has 0 aliphatic carbocycles. The van der Waals surface area contributed by atoms with E-state index in [1.165, 1.54) is 0 Å². The molecule has 0 aliphatic rings. The Hall–Kier alpha value is 2.10. The Bertz CT molecular complexity index is 8.00. The van der Waals surface area contributed by atoms with E-state index < -0.39 is 10.7 Å². The summed E-state index contributed by atoms with van der Waals surface area (Å²) >= 11 is 9.87. The van der Waals surface area contributed by atoms with Crippen LogP contribution in [0.3, 0.4) is 0 Å². The van der Waals surface area contributed by atoms with Crippen molar-refractivity contribution in [2.24, 2.45) is 0 Å². The summed E-state index contributed by atoms with van der Waals surface area (Å²) in [6.07, 6.45) is 0. The fourth-order valence-electron chi connectivity index (χ4n) is 0. The van der Waals surface area contributed by atoms with Crippen LogP contribution in [0.25, 0.3) is 0 Å². The Morgan fingerprint density at radius 2 is 1.00 bits per heavy atom. The molecule has 0 saturated heterocycles. The molecule has 0 rings (SSSR count). The third kappa shape index (κ3) is 8.93. The van der Waals surface area contributed by atoms with Crippen LogP contribution in [0.15, 0.2) is 0 Å². The normalized spacial score (nSPS) is 11.2. The van der Waals surface area contributed by atoms with Crippen LogP contribution < -0.4 is 0 Å². The standard InChI is InChI=1S/3BrH.Re/h3*1H;/q;;;+3/p-3. The Morgan fingerprint density at radius 1 is 1.00 bits per heavy atom. The second-order valence-electron chi connectivity index (χ2n) is 0.162. The molecular weight excluding hydrogens is 426 g/mol. The van der Waals surface area contributed by atoms with Crippen LogP contribution >= 0.6 is 40.3 Å². The third-order valence-electron chi connectivity index (χ3n) is 0. The van der Waals surface area contributed by atoms with E-state index in [-0.39, 0.29) is 0 Å². The van der Waals surface area contributed by atoms with Crippen molar-refractivity contribution in [1.29, 1.82) is 0 Å². The number of rotatable bonds is 0. The molecule has 4 heteroatoms. The van der Waals surface area contributed by atoms with Gasteiger partial charge in [-0.15, -0.1) is 0 Å². The molecule has 0 radical (unpaired) electrons. The van der Waals surface area contributed by atoms with E-state index in [0.717, 1.165) is 0 Å². The molecule has 0 nitrogen and oxygen atoms in total. The summed E-state index contributed by atoms with van der Waals surface area (Å²) in [5.41, 5.74) is 0. The van der Waals surface area contributed by atoms with Crippen LogP contribution in [0, 0.1) is 0 Å². The molecule has 0 atom stereocenters. The van der Waals surface area contributed by atoms with E-state index in [2.05, 4.69) is 40.3 Å². The van der Waals surface area contributed by atoms with Crippen LogP contribution in [0.5, 0.6) is 0 Å². The minimum absolute atomic E-state index is 1.03. The molecule has 0 spiro atoms. The fraction of sp³-hybridized carbons (Fsp3) is 0. The van der Waals surface area contributed by atoms with Crippen molar-refractivity contribution in [2.75, 3.05) is 0 Å². The molecule has 28 valence electrons. The maximum atomic E-state index is 3.29. The molecular formula is Br3Re. The zero-order valence-electron chi connectivity index (χ0n) is 1.51. The van der Waals surface area contributed by atoms with Gasteiger partial charge in [0.15, 0.2) is 0 Å². The second-order valence-corrected chi connectivity index (χ2v) is 35.8. The van der Waals surface area contributed by atoms with E-state index in [1.54, 1.807) is 0 Å². The van der Waals surface area contributed by atoms with Gasteiger partial charge in [-0.05, 0) is 0 Å². The van der Waals surface area contributed by atoms with Crippen molar-refractivity contribution in [3.8, 4) is 0 Å². The van der Waals surface area contributed by atoms with Gasteiger partial charge in [-0.3, -0.25) is 0 Å². The monoisotopic (exact) mass is 424 g/mol. The summed E-state index contributed by atoms with van der Waals surface area (Å²) < 4.78 is 0. The quantitative estimate of drug-likeness (QED) is 0.559. The molecule has 4 heavy (non-hydrogen) atoms. The van der Waals surface area contributed by atoms with Crippen molar-refractivity contribution >= 4 is 40.3 Å². The summed E-state index contributed by atoms with van der Waals surface area (Å²) in [4.78, 5) is 0. The maximum absolute atomic E-state index is 3.29. The average molecular weight is 426 g/mol. The predicted octanol–water partition coefficient (Wildman–Crippen LogP) is 2.53. The Morgan fingerprint density at radius 3 is 1.00 bits per heavy atom. The number of halogens is 3. The number of hydrogen-bond acceptors (Lipinski definition) is 0. The fourth-order valence-corrected chi connectivity index (χ4v) is 0. The van der Waals surface area contributed by atoms with Crippen molar-refractivity contribution in [3.05, 3.63) is 0 Å². The van der Waals surface area contributed by atoms with Crippen LogP contribution in [0.1, 0.15) is 0 Å². The van der Waals surface area contributed by atoms with Crippen molar-refractivity contribution in [3.63, 3.8) is 0 Å². The molecule has 0 aromatic heterocycles. The van der Waals surface area contributed by atoms with E-state index in [9.17, 15) is 0 Å². The van der Waals surface area contributed by atoms with Crippen LogP contribution in [0.4, 0.5) is 0 Å². The first-order chi connectivity index (χ1) is 1.73. The molecule has 0 fully saturated rings.